The highest BCUT2D eigenvalue weighted by molar-refractivity contribution is 9.10. The summed E-state index contributed by atoms with van der Waals surface area (Å²) in [5.74, 6) is 0.121. The predicted molar refractivity (Wildman–Crippen MR) is 74.7 cm³/mol. The normalized spacial score (nSPS) is 15.2. The molecular formula is C13H18BrN3O. The molecule has 5 heteroatoms. The van der Waals surface area contributed by atoms with Gasteiger partial charge in [0.05, 0.1) is 17.2 Å². The Balaban J connectivity index is 2.20. The predicted octanol–water partition coefficient (Wildman–Crippen LogP) is 2.50. The van der Waals surface area contributed by atoms with E-state index in [1.54, 1.807) is 10.9 Å². The number of carbonyl (C=O) groups excluding carboxylic acids is 1. The smallest absolute Gasteiger partial charge is 0.207 e. The highest BCUT2D eigenvalue weighted by Gasteiger charge is 2.22. The first-order valence-electron chi connectivity index (χ1n) is 6.19. The first-order chi connectivity index (χ1) is 8.59. The van der Waals surface area contributed by atoms with Gasteiger partial charge in [-0.25, -0.2) is 0 Å². The van der Waals surface area contributed by atoms with E-state index in [0.29, 0.717) is 5.69 Å². The number of ketones is 1. The van der Waals surface area contributed by atoms with Crippen LogP contribution in [0.1, 0.15) is 29.8 Å². The number of hydrogen-bond donors (Lipinski definition) is 0. The first kappa shape index (κ1) is 13.5. The van der Waals surface area contributed by atoms with Gasteiger partial charge < -0.3 is 4.90 Å². The summed E-state index contributed by atoms with van der Waals surface area (Å²) in [6.07, 6.45) is 6.76. The van der Waals surface area contributed by atoms with Crippen LogP contribution in [0.4, 0.5) is 0 Å². The van der Waals surface area contributed by atoms with Gasteiger partial charge in [0.1, 0.15) is 5.69 Å². The Bertz CT molecular complexity index is 477. The standard InChI is InChI=1S/C13H18BrN3O/c1-16(2)7-8-17-12(11(14)9-15-17)13(18)10-5-3-4-6-10/h5,9H,3-4,6-8H2,1-2H3. The van der Waals surface area contributed by atoms with Crippen LogP contribution < -0.4 is 0 Å². The van der Waals surface area contributed by atoms with Gasteiger partial charge in [-0.1, -0.05) is 6.08 Å². The lowest BCUT2D eigenvalue weighted by Gasteiger charge is -2.12. The Morgan fingerprint density at radius 3 is 2.94 bits per heavy atom. The molecule has 0 saturated heterocycles. The van der Waals surface area contributed by atoms with E-state index in [0.717, 1.165) is 42.4 Å². The van der Waals surface area contributed by atoms with Gasteiger partial charge in [-0.05, 0) is 54.9 Å². The lowest BCUT2D eigenvalue weighted by Crippen LogP contribution is -2.21. The fourth-order valence-electron chi connectivity index (χ4n) is 2.08. The fraction of sp³-hybridized carbons (Fsp3) is 0.538. The minimum absolute atomic E-state index is 0.121. The number of carbonyl (C=O) groups is 1. The van der Waals surface area contributed by atoms with Crippen molar-refractivity contribution < 1.29 is 4.79 Å². The monoisotopic (exact) mass is 311 g/mol. The van der Waals surface area contributed by atoms with Crippen LogP contribution in [0.2, 0.25) is 0 Å². The third kappa shape index (κ3) is 2.90. The molecular weight excluding hydrogens is 294 g/mol. The zero-order valence-electron chi connectivity index (χ0n) is 10.8. The van der Waals surface area contributed by atoms with Crippen LogP contribution in [0.25, 0.3) is 0 Å². The van der Waals surface area contributed by atoms with Gasteiger partial charge in [-0.2, -0.15) is 5.10 Å². The fourth-order valence-corrected chi connectivity index (χ4v) is 2.56. The largest absolute Gasteiger partial charge is 0.308 e. The summed E-state index contributed by atoms with van der Waals surface area (Å²) in [6.45, 7) is 1.60. The number of hydrogen-bond acceptors (Lipinski definition) is 3. The maximum atomic E-state index is 12.4. The summed E-state index contributed by atoms with van der Waals surface area (Å²) in [5, 5.41) is 4.28. The molecule has 18 heavy (non-hydrogen) atoms. The van der Waals surface area contributed by atoms with Gasteiger partial charge >= 0.3 is 0 Å². The number of aromatic nitrogens is 2. The summed E-state index contributed by atoms with van der Waals surface area (Å²) < 4.78 is 2.59. The number of rotatable bonds is 5. The number of likely N-dealkylation sites (N-methyl/N-ethyl adjacent to an activating group) is 1. The number of halogens is 1. The number of Topliss-reactive ketones (excluding diaryl/α,β-unsaturated/α-hetero) is 1. The van der Waals surface area contributed by atoms with Crippen molar-refractivity contribution in [3.8, 4) is 0 Å². The lowest BCUT2D eigenvalue weighted by atomic mass is 10.1. The van der Waals surface area contributed by atoms with Crippen molar-refractivity contribution in [3.63, 3.8) is 0 Å². The van der Waals surface area contributed by atoms with Gasteiger partial charge in [0.15, 0.2) is 0 Å². The van der Waals surface area contributed by atoms with Crippen molar-refractivity contribution in [3.05, 3.63) is 28.0 Å². The van der Waals surface area contributed by atoms with E-state index in [2.05, 4.69) is 32.0 Å². The summed E-state index contributed by atoms with van der Waals surface area (Å²) in [4.78, 5) is 14.5. The lowest BCUT2D eigenvalue weighted by molar-refractivity contribution is 0.102. The van der Waals surface area contributed by atoms with Crippen molar-refractivity contribution >= 4 is 21.7 Å². The molecule has 0 N–H and O–H groups in total. The molecule has 4 nitrogen and oxygen atoms in total. The molecule has 1 heterocycles. The van der Waals surface area contributed by atoms with Crippen LogP contribution in [-0.2, 0) is 6.54 Å². The molecule has 0 aliphatic heterocycles. The molecule has 0 unspecified atom stereocenters. The van der Waals surface area contributed by atoms with Crippen LogP contribution in [-0.4, -0.2) is 41.1 Å². The molecule has 0 aromatic carbocycles. The van der Waals surface area contributed by atoms with Gasteiger partial charge in [0, 0.05) is 6.54 Å². The van der Waals surface area contributed by atoms with Crippen LogP contribution in [0.5, 0.6) is 0 Å². The highest BCUT2D eigenvalue weighted by Crippen LogP contribution is 2.25. The van der Waals surface area contributed by atoms with Crippen LogP contribution in [0, 0.1) is 0 Å². The van der Waals surface area contributed by atoms with Crippen molar-refractivity contribution in [2.75, 3.05) is 20.6 Å². The van der Waals surface area contributed by atoms with Gasteiger partial charge in [-0.3, -0.25) is 9.48 Å². The van der Waals surface area contributed by atoms with E-state index in [1.807, 2.05) is 14.1 Å². The number of allylic oxidation sites excluding steroid dienone is 2. The molecule has 0 radical (unpaired) electrons. The second-order valence-electron chi connectivity index (χ2n) is 4.82. The average molecular weight is 312 g/mol. The van der Waals surface area contributed by atoms with Crippen molar-refractivity contribution in [2.24, 2.45) is 0 Å². The average Bonchev–Trinajstić information content (AvgIpc) is 2.94. The topological polar surface area (TPSA) is 38.1 Å². The molecule has 0 atom stereocenters. The van der Waals surface area contributed by atoms with E-state index in [4.69, 9.17) is 0 Å². The zero-order valence-corrected chi connectivity index (χ0v) is 12.4. The van der Waals surface area contributed by atoms with E-state index in [9.17, 15) is 4.79 Å². The van der Waals surface area contributed by atoms with Gasteiger partial charge in [0.25, 0.3) is 0 Å². The Labute approximate surface area is 116 Å². The Hall–Kier alpha value is -0.940. The van der Waals surface area contributed by atoms with E-state index in [-0.39, 0.29) is 5.78 Å². The maximum absolute atomic E-state index is 12.4. The summed E-state index contributed by atoms with van der Waals surface area (Å²) in [7, 11) is 4.03. The number of nitrogens with zero attached hydrogens (tertiary/aromatic N) is 3. The minimum Gasteiger partial charge on any atom is -0.308 e. The highest BCUT2D eigenvalue weighted by atomic mass is 79.9. The Kier molecular flexibility index (Phi) is 4.35. The SMILES string of the molecule is CN(C)CCn1ncc(Br)c1C(=O)C1=CCCC1. The quantitative estimate of drug-likeness (QED) is 0.784. The molecule has 0 saturated carbocycles. The molecule has 1 aliphatic rings. The van der Waals surface area contributed by atoms with E-state index >= 15 is 0 Å². The minimum atomic E-state index is 0.121. The zero-order chi connectivity index (χ0) is 13.1. The first-order valence-corrected chi connectivity index (χ1v) is 6.98. The van der Waals surface area contributed by atoms with Crippen LogP contribution in [0.3, 0.4) is 0 Å². The molecule has 0 spiro atoms. The third-order valence-corrected chi connectivity index (χ3v) is 3.68. The van der Waals surface area contributed by atoms with Gasteiger partial charge in [0.2, 0.25) is 5.78 Å². The summed E-state index contributed by atoms with van der Waals surface area (Å²) in [5.41, 5.74) is 1.62. The molecule has 98 valence electrons. The van der Waals surface area contributed by atoms with E-state index in [1.165, 1.54) is 0 Å². The Morgan fingerprint density at radius 2 is 2.33 bits per heavy atom. The van der Waals surface area contributed by atoms with E-state index < -0.39 is 0 Å². The Morgan fingerprint density at radius 1 is 1.56 bits per heavy atom. The molecule has 0 bridgehead atoms. The van der Waals surface area contributed by atoms with Crippen LogP contribution in [0.15, 0.2) is 22.3 Å². The molecule has 0 fully saturated rings. The molecule has 0 amide bonds. The summed E-state index contributed by atoms with van der Waals surface area (Å²) in [6, 6.07) is 0. The third-order valence-electron chi connectivity index (χ3n) is 3.10. The summed E-state index contributed by atoms with van der Waals surface area (Å²) >= 11 is 3.43. The van der Waals surface area contributed by atoms with Crippen molar-refractivity contribution in [1.82, 2.24) is 14.7 Å². The second kappa shape index (κ2) is 5.80. The molecule has 1 aliphatic carbocycles. The maximum Gasteiger partial charge on any atom is 0.207 e. The molecule has 1 aromatic heterocycles. The van der Waals surface area contributed by atoms with Crippen molar-refractivity contribution in [2.45, 2.75) is 25.8 Å². The molecule has 2 rings (SSSR count). The van der Waals surface area contributed by atoms with Crippen LogP contribution >= 0.6 is 15.9 Å². The molecule has 1 aromatic rings. The second-order valence-corrected chi connectivity index (χ2v) is 5.67. The van der Waals surface area contributed by atoms with Crippen molar-refractivity contribution in [1.29, 1.82) is 0 Å². The van der Waals surface area contributed by atoms with Gasteiger partial charge in [-0.15, -0.1) is 0 Å².